The van der Waals surface area contributed by atoms with Crippen molar-refractivity contribution in [2.75, 3.05) is 5.50 Å². The van der Waals surface area contributed by atoms with Crippen LogP contribution in [0.4, 0.5) is 0 Å². The van der Waals surface area contributed by atoms with Crippen molar-refractivity contribution in [1.82, 2.24) is 0 Å². The highest BCUT2D eigenvalue weighted by molar-refractivity contribution is 6.77. The zero-order valence-electron chi connectivity index (χ0n) is 17.6. The third-order valence-electron chi connectivity index (χ3n) is 8.41. The minimum Gasteiger partial charge on any atom is -0.398 e. The van der Waals surface area contributed by atoms with Crippen molar-refractivity contribution >= 4 is 25.7 Å². The standard InChI is InChI=1S/C23H32ClNO2Si/c1-21-10-7-17(26)13-16(21)5-6-18-19(21)8-11-22(2)20(18)9-12-23(22,14-25)27-28(3,4)15-24/h8,13,18,20H,5-7,9-12,15H2,1-4H3/t18-,20+,21+,22+,23+/m1/s1. The van der Waals surface area contributed by atoms with E-state index >= 15 is 0 Å². The van der Waals surface area contributed by atoms with E-state index in [9.17, 15) is 10.1 Å². The first-order valence-corrected chi connectivity index (χ1v) is 14.4. The van der Waals surface area contributed by atoms with Crippen LogP contribution in [0.15, 0.2) is 23.3 Å². The molecule has 0 heterocycles. The second-order valence-corrected chi connectivity index (χ2v) is 15.3. The number of hydrogen-bond donors (Lipinski definition) is 0. The summed E-state index contributed by atoms with van der Waals surface area (Å²) >= 11 is 6.21. The normalized spacial score (nSPS) is 42.6. The molecule has 4 rings (SSSR count). The summed E-state index contributed by atoms with van der Waals surface area (Å²) in [4.78, 5) is 12.0. The fourth-order valence-corrected chi connectivity index (χ4v) is 8.27. The number of allylic oxidation sites excluding steroid dienone is 4. The van der Waals surface area contributed by atoms with Crippen LogP contribution in [0.3, 0.4) is 0 Å². The van der Waals surface area contributed by atoms with E-state index in [1.165, 1.54) is 5.57 Å². The molecule has 0 radical (unpaired) electrons. The number of carbonyl (C=O) groups excluding carboxylic acids is 1. The molecule has 4 aliphatic rings. The number of halogens is 1. The molecule has 2 fully saturated rings. The first kappa shape index (κ1) is 20.4. The summed E-state index contributed by atoms with van der Waals surface area (Å²) in [7, 11) is -2.08. The Morgan fingerprint density at radius 2 is 2.04 bits per heavy atom. The van der Waals surface area contributed by atoms with Gasteiger partial charge < -0.3 is 4.43 Å². The molecule has 0 aromatic rings. The Labute approximate surface area is 175 Å². The largest absolute Gasteiger partial charge is 0.398 e. The molecule has 4 aliphatic carbocycles. The second-order valence-electron chi connectivity index (χ2n) is 10.5. The van der Waals surface area contributed by atoms with Crippen LogP contribution in [0.1, 0.15) is 58.8 Å². The van der Waals surface area contributed by atoms with E-state index in [4.69, 9.17) is 16.0 Å². The van der Waals surface area contributed by atoms with Gasteiger partial charge in [-0.15, -0.1) is 11.6 Å². The Morgan fingerprint density at radius 1 is 1.29 bits per heavy atom. The van der Waals surface area contributed by atoms with Crippen molar-refractivity contribution in [3.8, 4) is 6.07 Å². The molecule has 5 heteroatoms. The molecule has 0 bridgehead atoms. The van der Waals surface area contributed by atoms with Crippen LogP contribution >= 0.6 is 11.6 Å². The Kier molecular flexibility index (Phi) is 4.77. The monoisotopic (exact) mass is 417 g/mol. The number of nitrogens with zero attached hydrogens (tertiary/aromatic N) is 1. The van der Waals surface area contributed by atoms with Gasteiger partial charge in [0.2, 0.25) is 8.32 Å². The van der Waals surface area contributed by atoms with Crippen LogP contribution < -0.4 is 0 Å². The second kappa shape index (κ2) is 6.55. The fraction of sp³-hybridized carbons (Fsp3) is 0.739. The first-order chi connectivity index (χ1) is 13.1. The lowest BCUT2D eigenvalue weighted by molar-refractivity contribution is -0.115. The lowest BCUT2D eigenvalue weighted by Gasteiger charge is -2.55. The summed E-state index contributed by atoms with van der Waals surface area (Å²) in [5, 5.41) is 10.3. The van der Waals surface area contributed by atoms with Gasteiger partial charge in [-0.2, -0.15) is 5.26 Å². The van der Waals surface area contributed by atoms with Crippen LogP contribution in [0.25, 0.3) is 0 Å². The molecule has 3 nitrogen and oxygen atoms in total. The Morgan fingerprint density at radius 3 is 2.71 bits per heavy atom. The maximum Gasteiger partial charge on any atom is 0.203 e. The van der Waals surface area contributed by atoms with Crippen molar-refractivity contribution in [2.45, 2.75) is 77.5 Å². The molecule has 0 amide bonds. The molecule has 0 aromatic carbocycles. The Balaban J connectivity index is 1.73. The fourth-order valence-electron chi connectivity index (χ4n) is 6.73. The molecule has 5 atom stereocenters. The minimum absolute atomic E-state index is 0.0427. The number of fused-ring (bicyclic) bond motifs is 5. The number of nitriles is 1. The Hall–Kier alpha value is -0.893. The molecule has 2 saturated carbocycles. The van der Waals surface area contributed by atoms with E-state index < -0.39 is 13.9 Å². The predicted octanol–water partition coefficient (Wildman–Crippen LogP) is 5.70. The number of rotatable bonds is 3. The van der Waals surface area contributed by atoms with Crippen LogP contribution in [0, 0.1) is 34.0 Å². The average molecular weight is 418 g/mol. The third kappa shape index (κ3) is 2.73. The maximum atomic E-state index is 12.0. The van der Waals surface area contributed by atoms with Gasteiger partial charge in [0, 0.05) is 22.8 Å². The highest BCUT2D eigenvalue weighted by Gasteiger charge is 2.64. The van der Waals surface area contributed by atoms with Crippen molar-refractivity contribution in [3.05, 3.63) is 23.3 Å². The topological polar surface area (TPSA) is 50.1 Å². The van der Waals surface area contributed by atoms with Gasteiger partial charge in [-0.05, 0) is 69.5 Å². The van der Waals surface area contributed by atoms with E-state index in [1.807, 2.05) is 6.08 Å². The summed E-state index contributed by atoms with van der Waals surface area (Å²) in [5.41, 5.74) is 2.56. The third-order valence-corrected chi connectivity index (χ3v) is 11.9. The number of carbonyl (C=O) groups is 1. The lowest BCUT2D eigenvalue weighted by Crippen LogP contribution is -2.55. The van der Waals surface area contributed by atoms with E-state index in [-0.39, 0.29) is 10.8 Å². The SMILES string of the molecule is C[C@]12CCC(=O)C=C1CC[C@@H]1C2=CC[C@@]2(C)[C@H]1CC[C@@]2(C#N)O[Si](C)(C)CCl. The molecule has 152 valence electrons. The van der Waals surface area contributed by atoms with Crippen LogP contribution in [-0.2, 0) is 9.22 Å². The number of ketones is 1. The zero-order valence-corrected chi connectivity index (χ0v) is 19.4. The summed E-state index contributed by atoms with van der Waals surface area (Å²) in [6.07, 6.45) is 10.8. The summed E-state index contributed by atoms with van der Waals surface area (Å²) in [6, 6.07) is 2.64. The first-order valence-electron chi connectivity index (χ1n) is 10.7. The van der Waals surface area contributed by atoms with E-state index in [2.05, 4.69) is 39.1 Å². The highest BCUT2D eigenvalue weighted by atomic mass is 35.5. The molecule has 0 aliphatic heterocycles. The summed E-state index contributed by atoms with van der Waals surface area (Å²) < 4.78 is 6.64. The zero-order chi connectivity index (χ0) is 20.4. The van der Waals surface area contributed by atoms with Crippen molar-refractivity contribution in [1.29, 1.82) is 5.26 Å². The molecular formula is C23H32ClNO2Si. The van der Waals surface area contributed by atoms with Crippen LogP contribution in [0.5, 0.6) is 0 Å². The smallest absolute Gasteiger partial charge is 0.203 e. The average Bonchev–Trinajstić information content (AvgIpc) is 2.94. The molecule has 0 aromatic heterocycles. The number of alkyl halides is 1. The van der Waals surface area contributed by atoms with Crippen molar-refractivity contribution < 1.29 is 9.22 Å². The molecular weight excluding hydrogens is 386 g/mol. The van der Waals surface area contributed by atoms with E-state index in [0.717, 1.165) is 38.5 Å². The Bertz CT molecular complexity index is 812. The lowest BCUT2D eigenvalue weighted by atomic mass is 9.51. The van der Waals surface area contributed by atoms with Gasteiger partial charge in [0.15, 0.2) is 5.78 Å². The van der Waals surface area contributed by atoms with E-state index in [0.29, 0.717) is 29.5 Å². The quantitative estimate of drug-likeness (QED) is 0.336. The van der Waals surface area contributed by atoms with Crippen molar-refractivity contribution in [3.63, 3.8) is 0 Å². The molecule has 28 heavy (non-hydrogen) atoms. The van der Waals surface area contributed by atoms with Gasteiger partial charge in [0.25, 0.3) is 0 Å². The van der Waals surface area contributed by atoms with Gasteiger partial charge in [0.05, 0.1) is 6.07 Å². The summed E-state index contributed by atoms with van der Waals surface area (Å²) in [6.45, 7) is 8.88. The maximum absolute atomic E-state index is 12.0. The predicted molar refractivity (Wildman–Crippen MR) is 114 cm³/mol. The minimum atomic E-state index is -2.08. The summed E-state index contributed by atoms with van der Waals surface area (Å²) in [5.74, 6) is 1.27. The van der Waals surface area contributed by atoms with Gasteiger partial charge in [0.1, 0.15) is 5.60 Å². The van der Waals surface area contributed by atoms with Crippen molar-refractivity contribution in [2.24, 2.45) is 22.7 Å². The van der Waals surface area contributed by atoms with Gasteiger partial charge >= 0.3 is 0 Å². The molecule has 0 N–H and O–H groups in total. The molecule has 0 saturated heterocycles. The van der Waals surface area contributed by atoms with Gasteiger partial charge in [-0.3, -0.25) is 4.79 Å². The highest BCUT2D eigenvalue weighted by Crippen LogP contribution is 2.66. The van der Waals surface area contributed by atoms with Crippen LogP contribution in [0.2, 0.25) is 13.1 Å². The van der Waals surface area contributed by atoms with Crippen LogP contribution in [-0.4, -0.2) is 25.2 Å². The molecule has 0 unspecified atom stereocenters. The number of hydrogen-bond acceptors (Lipinski definition) is 3. The van der Waals surface area contributed by atoms with Gasteiger partial charge in [-0.1, -0.05) is 31.1 Å². The van der Waals surface area contributed by atoms with Gasteiger partial charge in [-0.25, -0.2) is 0 Å². The molecule has 0 spiro atoms. The van der Waals surface area contributed by atoms with E-state index in [1.54, 1.807) is 5.57 Å².